The molecule has 230 valence electrons. The van der Waals surface area contributed by atoms with Crippen LogP contribution in [0.15, 0.2) is 121 Å². The predicted octanol–water partition coefficient (Wildman–Crippen LogP) is 12.2. The molecule has 0 aliphatic carbocycles. The third kappa shape index (κ3) is 4.12. The molecule has 0 atom stereocenters. The maximum absolute atomic E-state index is 6.56. The highest BCUT2D eigenvalue weighted by atomic mass is 16.5. The van der Waals surface area contributed by atoms with Crippen LogP contribution >= 0.6 is 0 Å². The summed E-state index contributed by atoms with van der Waals surface area (Å²) in [6, 6.07) is 44.5. The van der Waals surface area contributed by atoms with Crippen LogP contribution < -0.4 is 4.74 Å². The van der Waals surface area contributed by atoms with Crippen molar-refractivity contribution in [2.45, 2.75) is 52.4 Å². The van der Waals surface area contributed by atoms with Gasteiger partial charge in [-0.15, -0.1) is 0 Å². The second kappa shape index (κ2) is 9.62. The molecule has 0 N–H and O–H groups in total. The van der Waals surface area contributed by atoms with Crippen molar-refractivity contribution in [3.05, 3.63) is 132 Å². The fraction of sp³-hybridized carbons (Fsp3) is 0.182. The van der Waals surface area contributed by atoms with Gasteiger partial charge in [0.2, 0.25) is 0 Å². The van der Waals surface area contributed by atoms with Gasteiger partial charge in [0.15, 0.2) is 11.5 Å². The summed E-state index contributed by atoms with van der Waals surface area (Å²) in [6.45, 7) is 13.8. The first kappa shape index (κ1) is 28.0. The largest absolute Gasteiger partial charge is 0.453 e. The standard InChI is InChI=1S/C44H38N2O/c1-43(2,3)28-19-23-37-34(25-28)35-26-29(44(4,5)6)20-24-38(35)45(37)30-21-17-27(18-22-30)31-12-9-15-39-41(31)46-36-14-8-7-11-32(36)33-13-10-16-40(47-39)42(33)46/h7-26H,1-6H3. The van der Waals surface area contributed by atoms with E-state index in [1.807, 2.05) is 0 Å². The van der Waals surface area contributed by atoms with Crippen molar-refractivity contribution < 1.29 is 4.74 Å². The minimum atomic E-state index is 0.0710. The van der Waals surface area contributed by atoms with Crippen molar-refractivity contribution in [1.29, 1.82) is 0 Å². The van der Waals surface area contributed by atoms with E-state index >= 15 is 0 Å². The molecule has 6 aromatic carbocycles. The molecular weight excluding hydrogens is 572 g/mol. The molecule has 47 heavy (non-hydrogen) atoms. The Kier molecular flexibility index (Phi) is 5.73. The van der Waals surface area contributed by atoms with Crippen LogP contribution in [-0.2, 0) is 10.8 Å². The van der Waals surface area contributed by atoms with Crippen LogP contribution in [0.5, 0.6) is 11.5 Å². The van der Waals surface area contributed by atoms with E-state index in [2.05, 4.69) is 172 Å². The first-order valence-electron chi connectivity index (χ1n) is 16.6. The van der Waals surface area contributed by atoms with Gasteiger partial charge in [-0.2, -0.15) is 0 Å². The zero-order valence-electron chi connectivity index (χ0n) is 27.8. The Bertz CT molecular complexity index is 2480. The van der Waals surface area contributed by atoms with Gasteiger partial charge in [-0.25, -0.2) is 0 Å². The lowest BCUT2D eigenvalue weighted by Gasteiger charge is -2.23. The summed E-state index contributed by atoms with van der Waals surface area (Å²) in [4.78, 5) is 0. The summed E-state index contributed by atoms with van der Waals surface area (Å²) in [5, 5.41) is 5.06. The number of rotatable bonds is 2. The molecule has 0 saturated heterocycles. The van der Waals surface area contributed by atoms with Crippen molar-refractivity contribution in [3.63, 3.8) is 0 Å². The van der Waals surface area contributed by atoms with Gasteiger partial charge in [-0.3, -0.25) is 0 Å². The number of nitrogens with zero attached hydrogens (tertiary/aromatic N) is 2. The van der Waals surface area contributed by atoms with E-state index in [-0.39, 0.29) is 10.8 Å². The second-order valence-corrected chi connectivity index (χ2v) is 15.1. The highest BCUT2D eigenvalue weighted by Crippen LogP contribution is 2.48. The molecule has 0 saturated carbocycles. The van der Waals surface area contributed by atoms with Gasteiger partial charge in [0.25, 0.3) is 0 Å². The van der Waals surface area contributed by atoms with Crippen LogP contribution in [0, 0.1) is 0 Å². The second-order valence-electron chi connectivity index (χ2n) is 15.1. The van der Waals surface area contributed by atoms with E-state index in [0.717, 1.165) is 39.5 Å². The Hall–Kier alpha value is -5.28. The molecule has 8 aromatic rings. The molecule has 9 rings (SSSR count). The summed E-state index contributed by atoms with van der Waals surface area (Å²) in [6.07, 6.45) is 0. The van der Waals surface area contributed by atoms with Gasteiger partial charge in [0.1, 0.15) is 0 Å². The highest BCUT2D eigenvalue weighted by Gasteiger charge is 2.26. The predicted molar refractivity (Wildman–Crippen MR) is 198 cm³/mol. The topological polar surface area (TPSA) is 19.1 Å². The van der Waals surface area contributed by atoms with Crippen molar-refractivity contribution >= 4 is 43.6 Å². The maximum atomic E-state index is 6.56. The minimum absolute atomic E-state index is 0.0710. The average Bonchev–Trinajstić information content (AvgIpc) is 3.57. The van der Waals surface area contributed by atoms with Crippen molar-refractivity contribution in [3.8, 4) is 34.0 Å². The lowest BCUT2D eigenvalue weighted by Crippen LogP contribution is -2.10. The monoisotopic (exact) mass is 610 g/mol. The Morgan fingerprint density at radius 1 is 0.468 bits per heavy atom. The third-order valence-corrected chi connectivity index (χ3v) is 10.0. The number of benzene rings is 6. The molecule has 0 bridgehead atoms. The third-order valence-electron chi connectivity index (χ3n) is 10.0. The van der Waals surface area contributed by atoms with Gasteiger partial charge in [-0.1, -0.05) is 108 Å². The summed E-state index contributed by atoms with van der Waals surface area (Å²) >= 11 is 0. The van der Waals surface area contributed by atoms with E-state index < -0.39 is 0 Å². The highest BCUT2D eigenvalue weighted by molar-refractivity contribution is 6.13. The molecule has 0 radical (unpaired) electrons. The quantitative estimate of drug-likeness (QED) is 0.191. The molecule has 3 nitrogen and oxygen atoms in total. The molecule has 1 aliphatic heterocycles. The van der Waals surface area contributed by atoms with Crippen molar-refractivity contribution in [1.82, 2.24) is 9.13 Å². The summed E-state index contributed by atoms with van der Waals surface area (Å²) in [7, 11) is 0. The van der Waals surface area contributed by atoms with Crippen LogP contribution in [0.1, 0.15) is 52.7 Å². The Balaban J connectivity index is 1.23. The summed E-state index contributed by atoms with van der Waals surface area (Å²) < 4.78 is 11.4. The number of hydrogen-bond acceptors (Lipinski definition) is 1. The van der Waals surface area contributed by atoms with Gasteiger partial charge in [0.05, 0.1) is 27.8 Å². The number of para-hydroxylation sites is 3. The SMILES string of the molecule is CC(C)(C)c1ccc2c(c1)c1cc(C(C)(C)C)ccc1n2-c1ccc(-c2cccc3c2-n2c4ccccc4c4cccc(c42)O3)cc1. The molecule has 0 fully saturated rings. The van der Waals surface area contributed by atoms with Gasteiger partial charge in [0, 0.05) is 32.8 Å². The molecule has 3 heterocycles. The van der Waals surface area contributed by atoms with Gasteiger partial charge < -0.3 is 13.9 Å². The average molecular weight is 611 g/mol. The zero-order chi connectivity index (χ0) is 32.2. The Morgan fingerprint density at radius 2 is 1.04 bits per heavy atom. The van der Waals surface area contributed by atoms with Gasteiger partial charge >= 0.3 is 0 Å². The van der Waals surface area contributed by atoms with E-state index in [0.29, 0.717) is 0 Å². The number of ether oxygens (including phenoxy) is 1. The van der Waals surface area contributed by atoms with Crippen molar-refractivity contribution in [2.24, 2.45) is 0 Å². The summed E-state index contributed by atoms with van der Waals surface area (Å²) in [5.41, 5.74) is 12.2. The Morgan fingerprint density at radius 3 is 1.70 bits per heavy atom. The molecule has 0 unspecified atom stereocenters. The molecule has 0 spiro atoms. The van der Waals surface area contributed by atoms with Crippen molar-refractivity contribution in [2.75, 3.05) is 0 Å². The van der Waals surface area contributed by atoms with Crippen LogP contribution in [-0.4, -0.2) is 9.13 Å². The fourth-order valence-electron chi connectivity index (χ4n) is 7.51. The minimum Gasteiger partial charge on any atom is -0.453 e. The number of fused-ring (bicyclic) bond motifs is 8. The van der Waals surface area contributed by atoms with Gasteiger partial charge in [-0.05, 0) is 82.1 Å². The van der Waals surface area contributed by atoms with E-state index in [9.17, 15) is 0 Å². The summed E-state index contributed by atoms with van der Waals surface area (Å²) in [5.74, 6) is 1.77. The maximum Gasteiger partial charge on any atom is 0.152 e. The first-order chi connectivity index (χ1) is 22.6. The van der Waals surface area contributed by atoms with Crippen LogP contribution in [0.4, 0.5) is 0 Å². The smallest absolute Gasteiger partial charge is 0.152 e. The molecule has 1 aliphatic rings. The molecule has 2 aromatic heterocycles. The zero-order valence-corrected chi connectivity index (χ0v) is 27.8. The van der Waals surface area contributed by atoms with E-state index in [1.165, 1.54) is 49.2 Å². The van der Waals surface area contributed by atoms with Crippen LogP contribution in [0.25, 0.3) is 66.1 Å². The Labute approximate surface area is 275 Å². The first-order valence-corrected chi connectivity index (χ1v) is 16.6. The fourth-order valence-corrected chi connectivity index (χ4v) is 7.51. The number of hydrogen-bond donors (Lipinski definition) is 0. The number of aromatic nitrogens is 2. The molecule has 0 amide bonds. The van der Waals surface area contributed by atoms with E-state index in [1.54, 1.807) is 0 Å². The van der Waals surface area contributed by atoms with Crippen LogP contribution in [0.3, 0.4) is 0 Å². The van der Waals surface area contributed by atoms with E-state index in [4.69, 9.17) is 4.74 Å². The lowest BCUT2D eigenvalue weighted by atomic mass is 9.85. The molecular formula is C44H38N2O. The molecule has 3 heteroatoms. The normalized spacial score (nSPS) is 13.1. The lowest BCUT2D eigenvalue weighted by molar-refractivity contribution is 0.477. The van der Waals surface area contributed by atoms with Crippen LogP contribution in [0.2, 0.25) is 0 Å².